The highest BCUT2D eigenvalue weighted by Gasteiger charge is 2.45. The lowest BCUT2D eigenvalue weighted by Crippen LogP contribution is -2.36. The number of amides is 1. The third-order valence-electron chi connectivity index (χ3n) is 6.83. The van der Waals surface area contributed by atoms with E-state index in [2.05, 4.69) is 19.9 Å². The first-order valence-electron chi connectivity index (χ1n) is 13.9. The van der Waals surface area contributed by atoms with Gasteiger partial charge in [-0.05, 0) is 67.9 Å². The summed E-state index contributed by atoms with van der Waals surface area (Å²) < 4.78 is 45.6. The van der Waals surface area contributed by atoms with Gasteiger partial charge in [0.1, 0.15) is 15.4 Å². The average molecular weight is 690 g/mol. The topological polar surface area (TPSA) is 97.8 Å². The first kappa shape index (κ1) is 33.5. The van der Waals surface area contributed by atoms with Crippen molar-refractivity contribution in [2.45, 2.75) is 29.7 Å². The van der Waals surface area contributed by atoms with E-state index in [-0.39, 0.29) is 5.69 Å². The molecule has 0 aliphatic carbocycles. The average Bonchev–Trinajstić information content (AvgIpc) is 3.48. The molecule has 1 N–H and O–H groups in total. The summed E-state index contributed by atoms with van der Waals surface area (Å²) >= 11 is 8.35. The molecule has 0 saturated carbocycles. The fourth-order valence-corrected chi connectivity index (χ4v) is 6.61. The van der Waals surface area contributed by atoms with Gasteiger partial charge in [0.2, 0.25) is 0 Å². The van der Waals surface area contributed by atoms with E-state index < -0.39 is 28.8 Å². The van der Waals surface area contributed by atoms with Gasteiger partial charge in [-0.3, -0.25) is 9.59 Å². The molecule has 1 fully saturated rings. The minimum atomic E-state index is -5.28. The second-order valence-electron chi connectivity index (χ2n) is 10.6. The van der Waals surface area contributed by atoms with Gasteiger partial charge >= 0.3 is 18.1 Å². The molecular formula is C32H27ClF3N3O5S2. The Balaban J connectivity index is 1.35. The minimum Gasteiger partial charge on any atom is -0.385 e. The summed E-state index contributed by atoms with van der Waals surface area (Å²) in [5.74, 6) is -4.28. The van der Waals surface area contributed by atoms with Crippen molar-refractivity contribution in [3.8, 4) is 21.0 Å². The molecule has 0 radical (unpaired) electrons. The molecule has 3 aromatic carbocycles. The van der Waals surface area contributed by atoms with Crippen molar-refractivity contribution in [2.75, 3.05) is 36.5 Å². The van der Waals surface area contributed by atoms with Crippen LogP contribution in [0.25, 0.3) is 21.0 Å². The Hall–Kier alpha value is -3.91. The smallest absolute Gasteiger partial charge is 0.385 e. The van der Waals surface area contributed by atoms with Crippen molar-refractivity contribution in [1.82, 2.24) is 4.98 Å². The Morgan fingerprint density at radius 3 is 2.13 bits per heavy atom. The first-order chi connectivity index (χ1) is 21.8. The van der Waals surface area contributed by atoms with Crippen LogP contribution in [-0.2, 0) is 19.1 Å². The van der Waals surface area contributed by atoms with Crippen LogP contribution in [0.4, 0.5) is 24.5 Å². The highest BCUT2D eigenvalue weighted by molar-refractivity contribution is 8.01. The van der Waals surface area contributed by atoms with E-state index in [1.54, 1.807) is 48.5 Å². The van der Waals surface area contributed by atoms with Crippen LogP contribution in [0.3, 0.4) is 0 Å². The number of esters is 2. The normalized spacial score (nSPS) is 13.7. The molecule has 1 aliphatic heterocycles. The number of rotatable bonds is 8. The molecule has 4 aromatic rings. The van der Waals surface area contributed by atoms with Crippen molar-refractivity contribution in [2.24, 2.45) is 0 Å². The first-order valence-corrected chi connectivity index (χ1v) is 15.9. The maximum Gasteiger partial charge on any atom is 0.491 e. The summed E-state index contributed by atoms with van der Waals surface area (Å²) in [4.78, 5) is 45.0. The summed E-state index contributed by atoms with van der Waals surface area (Å²) in [6, 6.07) is 21.4. The van der Waals surface area contributed by atoms with Gasteiger partial charge < -0.3 is 19.7 Å². The molecule has 0 bridgehead atoms. The van der Waals surface area contributed by atoms with Crippen LogP contribution in [0.5, 0.6) is 0 Å². The van der Waals surface area contributed by atoms with Crippen molar-refractivity contribution in [3.63, 3.8) is 0 Å². The molecule has 240 valence electrons. The Bertz CT molecular complexity index is 1720. The summed E-state index contributed by atoms with van der Waals surface area (Å²) in [7, 11) is 0. The lowest BCUT2D eigenvalue weighted by atomic mass is 10.1. The predicted molar refractivity (Wildman–Crippen MR) is 173 cm³/mol. The predicted octanol–water partition coefficient (Wildman–Crippen LogP) is 7.72. The molecule has 0 atom stereocenters. The zero-order valence-electron chi connectivity index (χ0n) is 24.5. The molecule has 1 amide bonds. The van der Waals surface area contributed by atoms with Crippen molar-refractivity contribution in [1.29, 1.82) is 0 Å². The lowest BCUT2D eigenvalue weighted by Gasteiger charge is -2.28. The number of thiazole rings is 1. The number of carbonyl (C=O) groups is 3. The third-order valence-corrected chi connectivity index (χ3v) is 9.42. The molecule has 0 spiro atoms. The largest absolute Gasteiger partial charge is 0.491 e. The Morgan fingerprint density at radius 1 is 0.913 bits per heavy atom. The SMILES string of the molecule is CC(C)(Sc1ccc(-c2nc(C(=O)Nc3ccc(N4CCOCC4)cc3)c(-c3ccc(Cl)cc3)s2)cc1)C(=O)OC(=O)C(F)(F)F. The fourth-order valence-electron chi connectivity index (χ4n) is 4.43. The summed E-state index contributed by atoms with van der Waals surface area (Å²) in [5, 5.41) is 4.03. The van der Waals surface area contributed by atoms with Crippen molar-refractivity contribution < 1.29 is 37.0 Å². The second-order valence-corrected chi connectivity index (χ2v) is 13.7. The van der Waals surface area contributed by atoms with E-state index in [9.17, 15) is 27.6 Å². The molecule has 8 nitrogen and oxygen atoms in total. The van der Waals surface area contributed by atoms with Gasteiger partial charge in [-0.2, -0.15) is 13.2 Å². The van der Waals surface area contributed by atoms with Crippen LogP contribution in [0, 0.1) is 0 Å². The number of aromatic nitrogens is 1. The number of carbonyl (C=O) groups excluding carboxylic acids is 3. The van der Waals surface area contributed by atoms with Gasteiger partial charge in [-0.25, -0.2) is 9.78 Å². The third kappa shape index (κ3) is 8.08. The van der Waals surface area contributed by atoms with Gasteiger partial charge in [0.15, 0.2) is 0 Å². The van der Waals surface area contributed by atoms with Crippen molar-refractivity contribution in [3.05, 3.63) is 83.5 Å². The summed E-state index contributed by atoms with van der Waals surface area (Å²) in [6.45, 7) is 5.64. The fraction of sp³-hybridized carbons (Fsp3) is 0.250. The maximum atomic E-state index is 13.6. The number of halogens is 4. The highest BCUT2D eigenvalue weighted by Crippen LogP contribution is 2.39. The lowest BCUT2D eigenvalue weighted by molar-refractivity contribution is -0.202. The van der Waals surface area contributed by atoms with E-state index in [1.165, 1.54) is 25.2 Å². The van der Waals surface area contributed by atoms with Crippen LogP contribution < -0.4 is 10.2 Å². The van der Waals surface area contributed by atoms with Crippen LogP contribution >= 0.6 is 34.7 Å². The summed E-state index contributed by atoms with van der Waals surface area (Å²) in [5.41, 5.74) is 3.29. The van der Waals surface area contributed by atoms with Crippen LogP contribution in [0.1, 0.15) is 24.3 Å². The van der Waals surface area contributed by atoms with E-state index >= 15 is 0 Å². The van der Waals surface area contributed by atoms with E-state index in [4.69, 9.17) is 16.3 Å². The van der Waals surface area contributed by atoms with Gasteiger partial charge in [0.25, 0.3) is 5.91 Å². The zero-order chi connectivity index (χ0) is 33.1. The zero-order valence-corrected chi connectivity index (χ0v) is 26.9. The molecule has 1 saturated heterocycles. The van der Waals surface area contributed by atoms with E-state index in [0.717, 1.165) is 36.1 Å². The molecule has 1 aliphatic rings. The van der Waals surface area contributed by atoms with Crippen molar-refractivity contribution >= 4 is 63.9 Å². The summed E-state index contributed by atoms with van der Waals surface area (Å²) in [6.07, 6.45) is -5.28. The quantitative estimate of drug-likeness (QED) is 0.114. The number of morpholine rings is 1. The molecule has 5 rings (SSSR count). The number of hydrogen-bond donors (Lipinski definition) is 1. The van der Waals surface area contributed by atoms with E-state index in [1.807, 2.05) is 24.3 Å². The number of ether oxygens (including phenoxy) is 2. The number of anilines is 2. The maximum absolute atomic E-state index is 13.6. The molecule has 0 unspecified atom stereocenters. The van der Waals surface area contributed by atoms with Crippen LogP contribution in [-0.4, -0.2) is 60.1 Å². The Kier molecular flexibility index (Phi) is 10.1. The molecule has 2 heterocycles. The minimum absolute atomic E-state index is 0.219. The molecule has 46 heavy (non-hydrogen) atoms. The Morgan fingerprint density at radius 2 is 1.52 bits per heavy atom. The van der Waals surface area contributed by atoms with Gasteiger partial charge in [-0.1, -0.05) is 35.9 Å². The second kappa shape index (κ2) is 13.8. The highest BCUT2D eigenvalue weighted by atomic mass is 35.5. The van der Waals surface area contributed by atoms with Gasteiger partial charge in [-0.15, -0.1) is 23.1 Å². The van der Waals surface area contributed by atoms with Crippen LogP contribution in [0.15, 0.2) is 77.7 Å². The molecule has 14 heteroatoms. The number of hydrogen-bond acceptors (Lipinski definition) is 9. The standard InChI is InChI=1S/C32H27ClF3N3O5S2/c1-31(2,29(41)44-30(42)32(34,35)36)46-24-13-5-20(6-14-24)28-38-25(26(45-28)19-3-7-21(33)8-4-19)27(40)37-22-9-11-23(12-10-22)39-15-17-43-18-16-39/h3-14H,15-18H2,1-2H3,(H,37,40). The molecular weight excluding hydrogens is 663 g/mol. The number of thioether (sulfide) groups is 1. The van der Waals surface area contributed by atoms with Gasteiger partial charge in [0.05, 0.1) is 18.1 Å². The number of benzene rings is 3. The number of alkyl halides is 3. The number of nitrogens with one attached hydrogen (secondary N) is 1. The van der Waals surface area contributed by atoms with Crippen LogP contribution in [0.2, 0.25) is 5.02 Å². The van der Waals surface area contributed by atoms with Gasteiger partial charge in [0, 0.05) is 39.9 Å². The number of nitrogens with zero attached hydrogens (tertiary/aromatic N) is 2. The van der Waals surface area contributed by atoms with E-state index in [0.29, 0.717) is 44.3 Å². The molecule has 1 aromatic heterocycles. The Labute approximate surface area is 275 Å². The monoisotopic (exact) mass is 689 g/mol.